The minimum atomic E-state index is -0.841. The van der Waals surface area contributed by atoms with Gasteiger partial charge in [0.1, 0.15) is 13.2 Å². The molecule has 0 aromatic carbocycles. The fourth-order valence-corrected chi connectivity index (χ4v) is 7.86. The summed E-state index contributed by atoms with van der Waals surface area (Å²) in [6.45, 7) is 6.18. The number of esters is 3. The summed E-state index contributed by atoms with van der Waals surface area (Å²) in [6, 6.07) is 0. The predicted molar refractivity (Wildman–Crippen MR) is 343 cm³/mol. The molecule has 0 saturated carbocycles. The van der Waals surface area contributed by atoms with E-state index in [0.29, 0.717) is 6.42 Å². The summed E-state index contributed by atoms with van der Waals surface area (Å²) in [6.07, 6.45) is 97.7. The number of carbonyl (C=O) groups excluding carboxylic acids is 3. The maximum atomic E-state index is 12.9. The highest BCUT2D eigenvalue weighted by molar-refractivity contribution is 5.72. The Morgan fingerprint density at radius 3 is 0.823 bits per heavy atom. The van der Waals surface area contributed by atoms with Gasteiger partial charge in [-0.2, -0.15) is 0 Å². The van der Waals surface area contributed by atoms with Gasteiger partial charge in [0, 0.05) is 12.8 Å². The molecule has 0 heterocycles. The Kier molecular flexibility index (Phi) is 60.5. The lowest BCUT2D eigenvalue weighted by molar-refractivity contribution is -0.166. The summed E-state index contributed by atoms with van der Waals surface area (Å²) < 4.78 is 16.8. The fourth-order valence-electron chi connectivity index (χ4n) is 7.86. The van der Waals surface area contributed by atoms with Gasteiger partial charge in [0.25, 0.3) is 0 Å². The van der Waals surface area contributed by atoms with E-state index in [0.717, 1.165) is 161 Å². The van der Waals surface area contributed by atoms with E-state index < -0.39 is 12.1 Å². The fraction of sp³-hybridized carbons (Fsp3) is 0.548. The van der Waals surface area contributed by atoms with Crippen molar-refractivity contribution in [3.8, 4) is 0 Å². The van der Waals surface area contributed by atoms with E-state index in [-0.39, 0.29) is 38.0 Å². The maximum absolute atomic E-state index is 12.9. The standard InChI is InChI=1S/C73H112O6/c1-4-7-10-13-16-19-22-25-28-30-32-34-36-38-40-42-45-48-51-54-57-60-63-66-72(75)78-69-70(68-77-71(74)65-62-59-56-53-50-47-44-27-24-21-18-15-12-9-6-3)79-73(76)67-64-61-58-55-52-49-46-43-41-39-37-35-33-31-29-26-23-20-17-14-11-8-5-2/h7-12,16-21,25-29,32-35,38-41,44,50,53,59,62,70H,4-6,13-15,22-24,30-31,36-37,42-43,45-49,51-52,54-58,60-61,63-69H2,1-3H3/b10-7-,11-8-,12-9-,19-16-,20-17-,21-18-,28-25-,29-26-,34-32-,35-33-,40-38-,41-39-,44-27-,53-50-,62-59-. The number of hydrogen-bond acceptors (Lipinski definition) is 6. The first-order valence-electron chi connectivity index (χ1n) is 31.3. The van der Waals surface area contributed by atoms with Crippen molar-refractivity contribution in [2.75, 3.05) is 13.2 Å². The van der Waals surface area contributed by atoms with Crippen LogP contribution in [0.4, 0.5) is 0 Å². The zero-order valence-corrected chi connectivity index (χ0v) is 50.3. The molecule has 0 N–H and O–H groups in total. The summed E-state index contributed by atoms with van der Waals surface area (Å²) in [7, 11) is 0. The van der Waals surface area contributed by atoms with Crippen molar-refractivity contribution in [2.24, 2.45) is 0 Å². The topological polar surface area (TPSA) is 78.9 Å². The van der Waals surface area contributed by atoms with Crippen LogP contribution in [0.3, 0.4) is 0 Å². The van der Waals surface area contributed by atoms with Crippen molar-refractivity contribution in [1.82, 2.24) is 0 Å². The van der Waals surface area contributed by atoms with Crippen LogP contribution in [0.5, 0.6) is 0 Å². The third-order valence-corrected chi connectivity index (χ3v) is 12.4. The van der Waals surface area contributed by atoms with Crippen LogP contribution in [0.2, 0.25) is 0 Å². The zero-order chi connectivity index (χ0) is 57.1. The molecule has 0 amide bonds. The van der Waals surface area contributed by atoms with Crippen molar-refractivity contribution in [2.45, 2.75) is 245 Å². The minimum absolute atomic E-state index is 0.113. The van der Waals surface area contributed by atoms with Gasteiger partial charge in [0.2, 0.25) is 0 Å². The molecule has 6 heteroatoms. The molecule has 0 radical (unpaired) electrons. The van der Waals surface area contributed by atoms with Gasteiger partial charge < -0.3 is 14.2 Å². The Bertz CT molecular complexity index is 1870. The van der Waals surface area contributed by atoms with Gasteiger partial charge in [-0.25, -0.2) is 0 Å². The van der Waals surface area contributed by atoms with Crippen LogP contribution in [-0.2, 0) is 28.6 Å². The van der Waals surface area contributed by atoms with E-state index >= 15 is 0 Å². The van der Waals surface area contributed by atoms with Gasteiger partial charge in [-0.05, 0) is 135 Å². The predicted octanol–water partition coefficient (Wildman–Crippen LogP) is 21.7. The van der Waals surface area contributed by atoms with E-state index in [2.05, 4.69) is 191 Å². The highest BCUT2D eigenvalue weighted by atomic mass is 16.6. The first kappa shape index (κ1) is 73.5. The van der Waals surface area contributed by atoms with Crippen molar-refractivity contribution in [3.63, 3.8) is 0 Å². The lowest BCUT2D eigenvalue weighted by Crippen LogP contribution is -2.30. The third-order valence-electron chi connectivity index (χ3n) is 12.4. The highest BCUT2D eigenvalue weighted by Crippen LogP contribution is 2.14. The van der Waals surface area contributed by atoms with E-state index in [4.69, 9.17) is 14.2 Å². The van der Waals surface area contributed by atoms with E-state index in [1.54, 1.807) is 6.08 Å². The number of carbonyl (C=O) groups is 3. The molecule has 1 unspecified atom stereocenters. The normalized spacial score (nSPS) is 13.4. The van der Waals surface area contributed by atoms with Crippen LogP contribution in [0.1, 0.15) is 239 Å². The van der Waals surface area contributed by atoms with Crippen LogP contribution in [0, 0.1) is 0 Å². The number of allylic oxidation sites excluding steroid dienone is 29. The average Bonchev–Trinajstić information content (AvgIpc) is 3.45. The largest absolute Gasteiger partial charge is 0.462 e. The second-order valence-corrected chi connectivity index (χ2v) is 19.8. The first-order chi connectivity index (χ1) is 39.0. The third kappa shape index (κ3) is 63.2. The molecule has 0 saturated heterocycles. The smallest absolute Gasteiger partial charge is 0.309 e. The number of unbranched alkanes of at least 4 members (excludes halogenated alkanes) is 14. The van der Waals surface area contributed by atoms with Crippen LogP contribution in [0.25, 0.3) is 0 Å². The average molecular weight is 1090 g/mol. The molecular weight excluding hydrogens is 973 g/mol. The lowest BCUT2D eigenvalue weighted by Gasteiger charge is -2.18. The summed E-state index contributed by atoms with van der Waals surface area (Å²) in [5, 5.41) is 0. The molecule has 0 aromatic rings. The molecule has 0 rings (SSSR count). The molecule has 0 spiro atoms. The summed E-state index contributed by atoms with van der Waals surface area (Å²) in [4.78, 5) is 38.3. The molecule has 79 heavy (non-hydrogen) atoms. The monoisotopic (exact) mass is 1080 g/mol. The number of rotatable bonds is 54. The van der Waals surface area contributed by atoms with Gasteiger partial charge in [-0.1, -0.05) is 267 Å². The molecular formula is C73H112O6. The molecule has 0 fully saturated rings. The molecule has 0 aliphatic carbocycles. The van der Waals surface area contributed by atoms with Crippen LogP contribution < -0.4 is 0 Å². The maximum Gasteiger partial charge on any atom is 0.309 e. The number of hydrogen-bond donors (Lipinski definition) is 0. The lowest BCUT2D eigenvalue weighted by atomic mass is 10.1. The van der Waals surface area contributed by atoms with E-state index in [1.165, 1.54) is 38.5 Å². The summed E-state index contributed by atoms with van der Waals surface area (Å²) >= 11 is 0. The van der Waals surface area contributed by atoms with Crippen molar-refractivity contribution in [3.05, 3.63) is 182 Å². The Hall–Kier alpha value is -5.49. The first-order valence-corrected chi connectivity index (χ1v) is 31.3. The Morgan fingerprint density at radius 1 is 0.266 bits per heavy atom. The van der Waals surface area contributed by atoms with Crippen LogP contribution >= 0.6 is 0 Å². The second kappa shape index (κ2) is 65.0. The summed E-state index contributed by atoms with van der Waals surface area (Å²) in [5.41, 5.74) is 0. The molecule has 0 aliphatic heterocycles. The Balaban J connectivity index is 4.53. The van der Waals surface area contributed by atoms with Gasteiger partial charge >= 0.3 is 17.9 Å². The molecule has 0 bridgehead atoms. The van der Waals surface area contributed by atoms with Gasteiger partial charge in [-0.15, -0.1) is 0 Å². The van der Waals surface area contributed by atoms with Gasteiger partial charge in [0.15, 0.2) is 6.10 Å². The Morgan fingerprint density at radius 2 is 0.506 bits per heavy atom. The highest BCUT2D eigenvalue weighted by Gasteiger charge is 2.19. The SMILES string of the molecule is CC/C=C\C/C=C\C/C=C\C/C=C\C/C=C\CCCCCCCCCC(=O)OCC(COC(=O)C/C=C\C/C=C\C/C=C\C/C=C\C/C=C\CC)OC(=O)CCCCCCCCC/C=C\C/C=C\C/C=C\C/C=C\C/C=C\CC. The van der Waals surface area contributed by atoms with Gasteiger partial charge in [0.05, 0.1) is 6.42 Å². The van der Waals surface area contributed by atoms with Crippen LogP contribution in [-0.4, -0.2) is 37.2 Å². The number of ether oxygens (including phenoxy) is 3. The van der Waals surface area contributed by atoms with Crippen molar-refractivity contribution >= 4 is 17.9 Å². The molecule has 6 nitrogen and oxygen atoms in total. The molecule has 0 aliphatic rings. The molecule has 0 aromatic heterocycles. The molecule has 440 valence electrons. The van der Waals surface area contributed by atoms with E-state index in [9.17, 15) is 14.4 Å². The van der Waals surface area contributed by atoms with E-state index in [1.807, 2.05) is 6.08 Å². The minimum Gasteiger partial charge on any atom is -0.462 e. The van der Waals surface area contributed by atoms with Crippen molar-refractivity contribution in [1.29, 1.82) is 0 Å². The van der Waals surface area contributed by atoms with Crippen LogP contribution in [0.15, 0.2) is 182 Å². The van der Waals surface area contributed by atoms with Crippen molar-refractivity contribution < 1.29 is 28.6 Å². The second-order valence-electron chi connectivity index (χ2n) is 19.8. The summed E-state index contributed by atoms with van der Waals surface area (Å²) in [5.74, 6) is -1.09. The van der Waals surface area contributed by atoms with Gasteiger partial charge in [-0.3, -0.25) is 14.4 Å². The Labute approximate surface area is 484 Å². The zero-order valence-electron chi connectivity index (χ0n) is 50.3. The quantitative estimate of drug-likeness (QED) is 0.0261. The molecule has 1 atom stereocenters.